The second-order valence-corrected chi connectivity index (χ2v) is 5.90. The summed E-state index contributed by atoms with van der Waals surface area (Å²) in [4.78, 5) is 18.6. The van der Waals surface area contributed by atoms with Gasteiger partial charge in [0, 0.05) is 37.9 Å². The minimum atomic E-state index is 0.209. The fraction of sp³-hybridized carbons (Fsp3) is 0.625. The molecule has 1 amide bonds. The van der Waals surface area contributed by atoms with Crippen molar-refractivity contribution in [2.45, 2.75) is 45.1 Å². The van der Waals surface area contributed by atoms with Crippen molar-refractivity contribution in [3.63, 3.8) is 0 Å². The largest absolute Gasteiger partial charge is 0.338 e. The number of piperidine rings is 1. The molecule has 0 unspecified atom stereocenters. The molecular formula is C16H25N3O. The highest BCUT2D eigenvalue weighted by Crippen LogP contribution is 2.26. The number of carbonyl (C=O) groups excluding carboxylic acids is 1. The van der Waals surface area contributed by atoms with Gasteiger partial charge < -0.3 is 10.6 Å². The van der Waals surface area contributed by atoms with E-state index in [1.165, 1.54) is 12.0 Å². The highest BCUT2D eigenvalue weighted by atomic mass is 16.2. The highest BCUT2D eigenvalue weighted by Gasteiger charge is 2.31. The van der Waals surface area contributed by atoms with E-state index in [0.29, 0.717) is 18.9 Å². The first-order valence-electron chi connectivity index (χ1n) is 7.53. The average molecular weight is 275 g/mol. The molecule has 1 fully saturated rings. The lowest BCUT2D eigenvalue weighted by Gasteiger charge is -2.40. The number of aromatic nitrogens is 1. The molecule has 1 aromatic rings. The van der Waals surface area contributed by atoms with Crippen molar-refractivity contribution in [1.82, 2.24) is 9.88 Å². The van der Waals surface area contributed by atoms with Gasteiger partial charge in [-0.2, -0.15) is 0 Å². The Labute approximate surface area is 121 Å². The number of hydrogen-bond donors (Lipinski definition) is 1. The van der Waals surface area contributed by atoms with E-state index in [1.54, 1.807) is 12.4 Å². The van der Waals surface area contributed by atoms with E-state index in [9.17, 15) is 4.79 Å². The van der Waals surface area contributed by atoms with Crippen LogP contribution in [-0.2, 0) is 4.79 Å². The Kier molecular flexibility index (Phi) is 5.12. The van der Waals surface area contributed by atoms with Crippen LogP contribution in [0.1, 0.15) is 44.6 Å². The fourth-order valence-electron chi connectivity index (χ4n) is 3.11. The number of rotatable bonds is 4. The van der Waals surface area contributed by atoms with E-state index in [-0.39, 0.29) is 17.9 Å². The molecule has 4 heteroatoms. The summed E-state index contributed by atoms with van der Waals surface area (Å²) in [7, 11) is 0. The molecule has 4 nitrogen and oxygen atoms in total. The standard InChI is InChI=1S/C16H25N3O/c1-12-4-3-9-19(15(12)11-17)16(20)10-13(2)14-5-7-18-8-6-14/h5-8,12-13,15H,3-4,9-11,17H2,1-2H3/t12-,13+,15+/m0/s1. The second-order valence-electron chi connectivity index (χ2n) is 5.90. The van der Waals surface area contributed by atoms with Crippen LogP contribution in [0.2, 0.25) is 0 Å². The van der Waals surface area contributed by atoms with Crippen molar-refractivity contribution >= 4 is 5.91 Å². The molecule has 1 aliphatic heterocycles. The number of pyridine rings is 1. The van der Waals surface area contributed by atoms with Gasteiger partial charge in [-0.1, -0.05) is 13.8 Å². The quantitative estimate of drug-likeness (QED) is 0.916. The van der Waals surface area contributed by atoms with Crippen LogP contribution in [0.15, 0.2) is 24.5 Å². The molecular weight excluding hydrogens is 250 g/mol. The molecule has 0 saturated carbocycles. The molecule has 0 radical (unpaired) electrons. The van der Waals surface area contributed by atoms with Crippen LogP contribution < -0.4 is 5.73 Å². The normalized spacial score (nSPS) is 24.4. The monoisotopic (exact) mass is 275 g/mol. The topological polar surface area (TPSA) is 59.2 Å². The van der Waals surface area contributed by atoms with Crippen LogP contribution >= 0.6 is 0 Å². The molecule has 1 aromatic heterocycles. The molecule has 20 heavy (non-hydrogen) atoms. The lowest BCUT2D eigenvalue weighted by Crippen LogP contribution is -2.51. The molecule has 0 aromatic carbocycles. The number of amides is 1. The Morgan fingerprint density at radius 3 is 2.85 bits per heavy atom. The minimum absolute atomic E-state index is 0.209. The van der Waals surface area contributed by atoms with Crippen LogP contribution in [0.3, 0.4) is 0 Å². The molecule has 0 bridgehead atoms. The maximum absolute atomic E-state index is 12.6. The zero-order valence-electron chi connectivity index (χ0n) is 12.5. The molecule has 3 atom stereocenters. The van der Waals surface area contributed by atoms with Crippen LogP contribution in [0.25, 0.3) is 0 Å². The van der Waals surface area contributed by atoms with Crippen molar-refractivity contribution in [1.29, 1.82) is 0 Å². The van der Waals surface area contributed by atoms with E-state index in [0.717, 1.165) is 13.0 Å². The molecule has 1 aliphatic rings. The molecule has 1 saturated heterocycles. The van der Waals surface area contributed by atoms with Gasteiger partial charge in [0.15, 0.2) is 0 Å². The number of nitrogens with two attached hydrogens (primary N) is 1. The van der Waals surface area contributed by atoms with Gasteiger partial charge in [0.05, 0.1) is 0 Å². The second kappa shape index (κ2) is 6.84. The average Bonchev–Trinajstić information content (AvgIpc) is 2.47. The molecule has 110 valence electrons. The van der Waals surface area contributed by atoms with Crippen molar-refractivity contribution < 1.29 is 4.79 Å². The van der Waals surface area contributed by atoms with Crippen molar-refractivity contribution in [3.05, 3.63) is 30.1 Å². The van der Waals surface area contributed by atoms with Gasteiger partial charge in [-0.3, -0.25) is 9.78 Å². The lowest BCUT2D eigenvalue weighted by atomic mass is 9.89. The highest BCUT2D eigenvalue weighted by molar-refractivity contribution is 5.77. The Balaban J connectivity index is 2.00. The summed E-state index contributed by atoms with van der Waals surface area (Å²) in [6.45, 7) is 5.71. The third-order valence-corrected chi connectivity index (χ3v) is 4.43. The molecule has 0 spiro atoms. The number of hydrogen-bond acceptors (Lipinski definition) is 3. The maximum Gasteiger partial charge on any atom is 0.223 e. The summed E-state index contributed by atoms with van der Waals surface area (Å²) in [5.74, 6) is 0.964. The Morgan fingerprint density at radius 2 is 2.20 bits per heavy atom. The van der Waals surface area contributed by atoms with E-state index < -0.39 is 0 Å². The first kappa shape index (κ1) is 15.0. The summed E-state index contributed by atoms with van der Waals surface area (Å²) in [6, 6.07) is 4.18. The van der Waals surface area contributed by atoms with E-state index >= 15 is 0 Å². The van der Waals surface area contributed by atoms with Crippen molar-refractivity contribution in [2.24, 2.45) is 11.7 Å². The van der Waals surface area contributed by atoms with Crippen LogP contribution in [0, 0.1) is 5.92 Å². The zero-order chi connectivity index (χ0) is 14.5. The summed E-state index contributed by atoms with van der Waals surface area (Å²) in [5.41, 5.74) is 7.03. The van der Waals surface area contributed by atoms with Gasteiger partial charge in [-0.05, 0) is 42.4 Å². The molecule has 2 N–H and O–H groups in total. The Morgan fingerprint density at radius 1 is 1.50 bits per heavy atom. The lowest BCUT2D eigenvalue weighted by molar-refractivity contribution is -0.136. The summed E-state index contributed by atoms with van der Waals surface area (Å²) >= 11 is 0. The van der Waals surface area contributed by atoms with E-state index in [1.807, 2.05) is 17.0 Å². The van der Waals surface area contributed by atoms with Gasteiger partial charge in [0.25, 0.3) is 0 Å². The third-order valence-electron chi connectivity index (χ3n) is 4.43. The first-order valence-corrected chi connectivity index (χ1v) is 7.53. The van der Waals surface area contributed by atoms with Gasteiger partial charge >= 0.3 is 0 Å². The minimum Gasteiger partial charge on any atom is -0.338 e. The van der Waals surface area contributed by atoms with Gasteiger partial charge in [0.2, 0.25) is 5.91 Å². The summed E-state index contributed by atoms with van der Waals surface area (Å²) in [6.07, 6.45) is 6.37. The fourth-order valence-corrected chi connectivity index (χ4v) is 3.11. The van der Waals surface area contributed by atoms with E-state index in [2.05, 4.69) is 18.8 Å². The van der Waals surface area contributed by atoms with Crippen molar-refractivity contribution in [3.8, 4) is 0 Å². The van der Waals surface area contributed by atoms with Gasteiger partial charge in [-0.15, -0.1) is 0 Å². The maximum atomic E-state index is 12.6. The molecule has 0 aliphatic carbocycles. The van der Waals surface area contributed by atoms with Crippen molar-refractivity contribution in [2.75, 3.05) is 13.1 Å². The SMILES string of the molecule is C[C@H](CC(=O)N1CCC[C@H](C)[C@H]1CN)c1ccncc1. The Hall–Kier alpha value is -1.42. The number of carbonyl (C=O) groups is 1. The van der Waals surface area contributed by atoms with Crippen LogP contribution in [0.4, 0.5) is 0 Å². The smallest absolute Gasteiger partial charge is 0.223 e. The number of nitrogens with zero attached hydrogens (tertiary/aromatic N) is 2. The number of likely N-dealkylation sites (tertiary alicyclic amines) is 1. The predicted octanol–water partition coefficient (Wildman–Crippen LogP) is 2.16. The summed E-state index contributed by atoms with van der Waals surface area (Å²) < 4.78 is 0. The Bertz CT molecular complexity index is 435. The van der Waals surface area contributed by atoms with Gasteiger partial charge in [0.1, 0.15) is 0 Å². The molecule has 2 heterocycles. The van der Waals surface area contributed by atoms with Crippen LogP contribution in [-0.4, -0.2) is 34.9 Å². The first-order chi connectivity index (χ1) is 9.63. The van der Waals surface area contributed by atoms with Crippen LogP contribution in [0.5, 0.6) is 0 Å². The van der Waals surface area contributed by atoms with E-state index in [4.69, 9.17) is 5.73 Å². The third kappa shape index (κ3) is 3.37. The zero-order valence-corrected chi connectivity index (χ0v) is 12.5. The van der Waals surface area contributed by atoms with Gasteiger partial charge in [-0.25, -0.2) is 0 Å². The summed E-state index contributed by atoms with van der Waals surface area (Å²) in [5, 5.41) is 0. The molecule has 2 rings (SSSR count). The predicted molar refractivity (Wildman–Crippen MR) is 80.2 cm³/mol.